The molecule has 0 aromatic heterocycles. The first-order valence-corrected chi connectivity index (χ1v) is 3.62. The van der Waals surface area contributed by atoms with E-state index in [4.69, 9.17) is 0 Å². The Hall–Kier alpha value is -0.143. The van der Waals surface area contributed by atoms with E-state index in [0.29, 0.717) is 0 Å². The molecule has 0 saturated heterocycles. The third-order valence-corrected chi connectivity index (χ3v) is 1.66. The molecule has 54 valence electrons. The zero-order chi connectivity index (χ0) is 7.56. The van der Waals surface area contributed by atoms with Crippen molar-refractivity contribution in [2.45, 2.75) is 4.90 Å². The molecule has 0 amide bonds. The van der Waals surface area contributed by atoms with Crippen LogP contribution in [0.1, 0.15) is 0 Å². The van der Waals surface area contributed by atoms with Crippen molar-refractivity contribution < 1.29 is 32.0 Å². The second-order valence-corrected chi connectivity index (χ2v) is 2.63. The number of benzene rings is 1. The normalized spacial score (nSPS) is 11.8. The number of hydrogen-bond donors (Lipinski definition) is 0. The summed E-state index contributed by atoms with van der Waals surface area (Å²) in [6, 6.07) is 4.62. The fourth-order valence-electron chi connectivity index (χ4n) is 0.546. The first-order chi connectivity index (χ1) is 4.70. The van der Waals surface area contributed by atoms with Crippen LogP contribution in [-0.4, -0.2) is 8.76 Å². The third-order valence-electron chi connectivity index (χ3n) is 1.01. The molecule has 1 aromatic carbocycles. The van der Waals surface area contributed by atoms with E-state index in [1.807, 2.05) is 0 Å². The maximum absolute atomic E-state index is 12.1. The van der Waals surface area contributed by atoms with Gasteiger partial charge in [-0.3, -0.25) is 4.21 Å². The minimum atomic E-state index is -2.25. The van der Waals surface area contributed by atoms with E-state index in [0.717, 1.165) is 12.1 Å². The Morgan fingerprint density at radius 1 is 1.27 bits per heavy atom. The van der Waals surface area contributed by atoms with Crippen molar-refractivity contribution in [1.29, 1.82) is 0 Å². The standard InChI is InChI=1S/C6H5FO2S.Li/c7-5-1-3-6(4-2-5)10(8)9;/h1-4H,(H,8,9);/q;+1/p-1. The largest absolute Gasteiger partial charge is 1.00 e. The van der Waals surface area contributed by atoms with E-state index in [1.54, 1.807) is 0 Å². The van der Waals surface area contributed by atoms with Crippen LogP contribution < -0.4 is 18.9 Å². The number of halogens is 1. The van der Waals surface area contributed by atoms with Gasteiger partial charge in [0.15, 0.2) is 0 Å². The van der Waals surface area contributed by atoms with Crippen molar-refractivity contribution in [2.24, 2.45) is 0 Å². The summed E-state index contributed by atoms with van der Waals surface area (Å²) in [6.45, 7) is 0. The van der Waals surface area contributed by atoms with Gasteiger partial charge in [0.2, 0.25) is 0 Å². The number of rotatable bonds is 1. The average Bonchev–Trinajstić information content (AvgIpc) is 1.88. The molecule has 0 saturated carbocycles. The van der Waals surface area contributed by atoms with Gasteiger partial charge in [-0.1, -0.05) is 0 Å². The Bertz CT molecular complexity index is 249. The summed E-state index contributed by atoms with van der Waals surface area (Å²) in [5.41, 5.74) is 0. The number of hydrogen-bond acceptors (Lipinski definition) is 2. The first kappa shape index (κ1) is 10.9. The van der Waals surface area contributed by atoms with Crippen LogP contribution in [0.2, 0.25) is 0 Å². The SMILES string of the molecule is O=S([O-])c1ccc(F)cc1.[Li+]. The van der Waals surface area contributed by atoms with Gasteiger partial charge in [-0.15, -0.1) is 0 Å². The van der Waals surface area contributed by atoms with Crippen LogP contribution in [0, 0.1) is 5.82 Å². The van der Waals surface area contributed by atoms with Gasteiger partial charge in [0.05, 0.1) is 0 Å². The van der Waals surface area contributed by atoms with E-state index in [-0.39, 0.29) is 23.8 Å². The summed E-state index contributed by atoms with van der Waals surface area (Å²) < 4.78 is 32.5. The molecule has 0 aliphatic carbocycles. The molecule has 1 unspecified atom stereocenters. The summed E-state index contributed by atoms with van der Waals surface area (Å²) in [7, 11) is 0. The van der Waals surface area contributed by atoms with E-state index in [1.165, 1.54) is 12.1 Å². The van der Waals surface area contributed by atoms with Gasteiger partial charge < -0.3 is 4.55 Å². The Kier molecular flexibility index (Phi) is 4.62. The van der Waals surface area contributed by atoms with Crippen LogP contribution in [0.3, 0.4) is 0 Å². The van der Waals surface area contributed by atoms with Crippen LogP contribution >= 0.6 is 0 Å². The quantitative estimate of drug-likeness (QED) is 0.360. The molecule has 11 heavy (non-hydrogen) atoms. The molecule has 1 rings (SSSR count). The van der Waals surface area contributed by atoms with Crippen molar-refractivity contribution in [3.63, 3.8) is 0 Å². The maximum atomic E-state index is 12.1. The molecular formula is C6H4FLiO2S. The molecule has 0 fully saturated rings. The maximum Gasteiger partial charge on any atom is 1.00 e. The van der Waals surface area contributed by atoms with Gasteiger partial charge in [0.1, 0.15) is 5.82 Å². The molecule has 0 radical (unpaired) electrons. The summed E-state index contributed by atoms with van der Waals surface area (Å²) in [5, 5.41) is 0. The summed E-state index contributed by atoms with van der Waals surface area (Å²) in [5.74, 6) is -0.436. The molecule has 0 aliphatic heterocycles. The molecule has 2 nitrogen and oxygen atoms in total. The predicted molar refractivity (Wildman–Crippen MR) is 33.6 cm³/mol. The molecular weight excluding hydrogens is 162 g/mol. The van der Waals surface area contributed by atoms with E-state index < -0.39 is 16.9 Å². The zero-order valence-corrected chi connectivity index (χ0v) is 6.73. The average molecular weight is 166 g/mol. The van der Waals surface area contributed by atoms with Crippen molar-refractivity contribution in [3.8, 4) is 0 Å². The van der Waals surface area contributed by atoms with Crippen LogP contribution in [0.4, 0.5) is 4.39 Å². The van der Waals surface area contributed by atoms with E-state index >= 15 is 0 Å². The van der Waals surface area contributed by atoms with Gasteiger partial charge in [-0.2, -0.15) is 0 Å². The fourth-order valence-corrected chi connectivity index (χ4v) is 0.904. The Balaban J connectivity index is 0.000001000. The Morgan fingerprint density at radius 3 is 2.09 bits per heavy atom. The molecule has 0 heterocycles. The van der Waals surface area contributed by atoms with Crippen LogP contribution in [-0.2, 0) is 11.1 Å². The second kappa shape index (κ2) is 4.68. The van der Waals surface area contributed by atoms with Gasteiger partial charge in [0, 0.05) is 4.90 Å². The van der Waals surface area contributed by atoms with Crippen molar-refractivity contribution in [1.82, 2.24) is 0 Å². The Labute approximate surface area is 78.3 Å². The van der Waals surface area contributed by atoms with E-state index in [2.05, 4.69) is 0 Å². The molecule has 1 aromatic rings. The molecule has 1 atom stereocenters. The Morgan fingerprint density at radius 2 is 1.73 bits per heavy atom. The smallest absolute Gasteiger partial charge is 0.768 e. The topological polar surface area (TPSA) is 40.1 Å². The second-order valence-electron chi connectivity index (χ2n) is 1.69. The van der Waals surface area contributed by atoms with Crippen LogP contribution in [0.5, 0.6) is 0 Å². The molecule has 0 spiro atoms. The molecule has 0 aliphatic rings. The third kappa shape index (κ3) is 3.17. The monoisotopic (exact) mass is 166 g/mol. The van der Waals surface area contributed by atoms with Gasteiger partial charge in [0.25, 0.3) is 0 Å². The van der Waals surface area contributed by atoms with Crippen LogP contribution in [0.15, 0.2) is 29.2 Å². The summed E-state index contributed by atoms with van der Waals surface area (Å²) >= 11 is -2.25. The van der Waals surface area contributed by atoms with Gasteiger partial charge >= 0.3 is 18.9 Å². The van der Waals surface area contributed by atoms with Crippen molar-refractivity contribution in [3.05, 3.63) is 30.1 Å². The van der Waals surface area contributed by atoms with Gasteiger partial charge in [-0.25, -0.2) is 4.39 Å². The minimum Gasteiger partial charge on any atom is -0.768 e. The predicted octanol–water partition coefficient (Wildman–Crippen LogP) is -1.93. The molecule has 0 bridgehead atoms. The van der Waals surface area contributed by atoms with Crippen molar-refractivity contribution >= 4 is 11.1 Å². The zero-order valence-electron chi connectivity index (χ0n) is 5.91. The molecule has 5 heteroatoms. The fraction of sp³-hybridized carbons (Fsp3) is 0. The van der Waals surface area contributed by atoms with E-state index in [9.17, 15) is 13.2 Å². The first-order valence-electron chi connectivity index (χ1n) is 2.55. The summed E-state index contributed by atoms with van der Waals surface area (Å²) in [4.78, 5) is 0.0985. The summed E-state index contributed by atoms with van der Waals surface area (Å²) in [6.07, 6.45) is 0. The van der Waals surface area contributed by atoms with Crippen molar-refractivity contribution in [2.75, 3.05) is 0 Å². The van der Waals surface area contributed by atoms with Crippen LogP contribution in [0.25, 0.3) is 0 Å². The van der Waals surface area contributed by atoms with Gasteiger partial charge in [-0.05, 0) is 35.3 Å². The minimum absolute atomic E-state index is 0. The molecule has 0 N–H and O–H groups in total.